The first-order chi connectivity index (χ1) is 18.3. The van der Waals surface area contributed by atoms with Crippen molar-refractivity contribution >= 4 is 29.2 Å². The summed E-state index contributed by atoms with van der Waals surface area (Å²) < 4.78 is 0. The molecule has 38 heavy (non-hydrogen) atoms. The standard InChI is InChI=1S/C28H35N5O5/c1-20-19-31(16-17-32(20)26(34)22-10-6-3-7-11-22)27(35)25(18-21-8-4-2-5-9-21)30-28(36)29-23-12-14-24(15-13-23)33(37)38/h2,4-5,8-9,12-15,20,22,25H,3,6-7,10-11,16-19H2,1H3,(H2,29,30,36). The zero-order chi connectivity index (χ0) is 27.1. The molecule has 0 spiro atoms. The minimum Gasteiger partial charge on any atom is -0.337 e. The maximum atomic E-state index is 13.6. The molecule has 2 N–H and O–H groups in total. The van der Waals surface area contributed by atoms with Crippen LogP contribution in [-0.4, -0.2) is 64.3 Å². The molecule has 1 saturated heterocycles. The van der Waals surface area contributed by atoms with Gasteiger partial charge in [0, 0.05) is 55.8 Å². The van der Waals surface area contributed by atoms with Gasteiger partial charge >= 0.3 is 6.03 Å². The molecule has 0 bridgehead atoms. The Morgan fingerprint density at radius 2 is 1.68 bits per heavy atom. The van der Waals surface area contributed by atoms with Gasteiger partial charge in [0.2, 0.25) is 11.8 Å². The van der Waals surface area contributed by atoms with Crippen molar-refractivity contribution in [1.82, 2.24) is 15.1 Å². The van der Waals surface area contributed by atoms with Gasteiger partial charge in [0.25, 0.3) is 5.69 Å². The molecule has 10 nitrogen and oxygen atoms in total. The van der Waals surface area contributed by atoms with Crippen LogP contribution < -0.4 is 10.6 Å². The molecular weight excluding hydrogens is 486 g/mol. The van der Waals surface area contributed by atoms with E-state index in [4.69, 9.17) is 0 Å². The average molecular weight is 522 g/mol. The van der Waals surface area contributed by atoms with Gasteiger partial charge in [0.05, 0.1) is 4.92 Å². The Morgan fingerprint density at radius 1 is 1.00 bits per heavy atom. The second-order valence-corrected chi connectivity index (χ2v) is 10.1. The Hall–Kier alpha value is -3.95. The minimum atomic E-state index is -0.816. The molecule has 4 rings (SSSR count). The number of amides is 4. The molecule has 2 aromatic carbocycles. The summed E-state index contributed by atoms with van der Waals surface area (Å²) in [6.45, 7) is 3.28. The van der Waals surface area contributed by atoms with E-state index in [0.29, 0.717) is 31.7 Å². The number of piperazine rings is 1. The Morgan fingerprint density at radius 3 is 2.32 bits per heavy atom. The van der Waals surface area contributed by atoms with E-state index >= 15 is 0 Å². The third-order valence-electron chi connectivity index (χ3n) is 7.40. The predicted molar refractivity (Wildman–Crippen MR) is 144 cm³/mol. The quantitative estimate of drug-likeness (QED) is 0.421. The van der Waals surface area contributed by atoms with E-state index < -0.39 is 17.0 Å². The van der Waals surface area contributed by atoms with E-state index in [1.807, 2.05) is 42.2 Å². The Balaban J connectivity index is 1.41. The van der Waals surface area contributed by atoms with Crippen LogP contribution in [0.3, 0.4) is 0 Å². The lowest BCUT2D eigenvalue weighted by Gasteiger charge is -2.42. The molecule has 202 valence electrons. The van der Waals surface area contributed by atoms with Gasteiger partial charge in [-0.05, 0) is 37.5 Å². The Bertz CT molecular complexity index is 1130. The van der Waals surface area contributed by atoms with Crippen LogP contribution >= 0.6 is 0 Å². The van der Waals surface area contributed by atoms with E-state index in [-0.39, 0.29) is 29.5 Å². The molecule has 1 aliphatic carbocycles. The number of nitro benzene ring substituents is 1. The van der Waals surface area contributed by atoms with Gasteiger partial charge in [-0.2, -0.15) is 0 Å². The first-order valence-corrected chi connectivity index (χ1v) is 13.3. The summed E-state index contributed by atoms with van der Waals surface area (Å²) in [5.41, 5.74) is 1.20. The highest BCUT2D eigenvalue weighted by molar-refractivity contribution is 5.94. The molecule has 4 amide bonds. The number of hydrogen-bond donors (Lipinski definition) is 2. The normalized spacial score (nSPS) is 18.9. The van der Waals surface area contributed by atoms with Gasteiger partial charge in [-0.3, -0.25) is 19.7 Å². The van der Waals surface area contributed by atoms with Crippen LogP contribution in [0, 0.1) is 16.0 Å². The first kappa shape index (κ1) is 27.1. The Labute approximate surface area is 222 Å². The summed E-state index contributed by atoms with van der Waals surface area (Å²) in [6.07, 6.45) is 5.57. The fraction of sp³-hybridized carbons (Fsp3) is 0.464. The second kappa shape index (κ2) is 12.5. The Kier molecular flexibility index (Phi) is 8.93. The molecule has 0 aromatic heterocycles. The fourth-order valence-electron chi connectivity index (χ4n) is 5.33. The van der Waals surface area contributed by atoms with Crippen molar-refractivity contribution in [3.8, 4) is 0 Å². The summed E-state index contributed by atoms with van der Waals surface area (Å²) in [4.78, 5) is 53.6. The number of non-ortho nitro benzene ring substituents is 1. The zero-order valence-corrected chi connectivity index (χ0v) is 21.7. The molecule has 2 aliphatic rings. The lowest BCUT2D eigenvalue weighted by molar-refractivity contribution is -0.384. The topological polar surface area (TPSA) is 125 Å². The molecule has 2 fully saturated rings. The van der Waals surface area contributed by atoms with E-state index in [0.717, 1.165) is 31.2 Å². The largest absolute Gasteiger partial charge is 0.337 e. The molecule has 0 radical (unpaired) electrons. The SMILES string of the molecule is CC1CN(C(=O)C(Cc2ccccc2)NC(=O)Nc2ccc([N+](=O)[O-])cc2)CCN1C(=O)C1CCCCC1. The van der Waals surface area contributed by atoms with E-state index in [1.54, 1.807) is 4.90 Å². The predicted octanol–water partition coefficient (Wildman–Crippen LogP) is 3.97. The lowest BCUT2D eigenvalue weighted by Crippen LogP contribution is -2.60. The summed E-state index contributed by atoms with van der Waals surface area (Å²) in [5.74, 6) is 0.0825. The molecule has 2 aromatic rings. The molecule has 1 saturated carbocycles. The third-order valence-corrected chi connectivity index (χ3v) is 7.40. The smallest absolute Gasteiger partial charge is 0.319 e. The summed E-state index contributed by atoms with van der Waals surface area (Å²) in [6, 6.07) is 13.4. The number of urea groups is 1. The van der Waals surface area contributed by atoms with Gasteiger partial charge in [-0.25, -0.2) is 4.79 Å². The first-order valence-electron chi connectivity index (χ1n) is 13.3. The fourth-order valence-corrected chi connectivity index (χ4v) is 5.33. The number of rotatable bonds is 7. The highest BCUT2D eigenvalue weighted by Crippen LogP contribution is 2.27. The number of nitrogens with one attached hydrogen (secondary N) is 2. The number of nitrogens with zero attached hydrogens (tertiary/aromatic N) is 3. The zero-order valence-electron chi connectivity index (χ0n) is 21.7. The summed E-state index contributed by atoms with van der Waals surface area (Å²) >= 11 is 0. The van der Waals surface area contributed by atoms with Crippen LogP contribution in [0.25, 0.3) is 0 Å². The van der Waals surface area contributed by atoms with Crippen molar-refractivity contribution in [2.45, 2.75) is 57.5 Å². The number of carbonyl (C=O) groups is 3. The minimum absolute atomic E-state index is 0.0803. The van der Waals surface area contributed by atoms with Crippen molar-refractivity contribution in [3.63, 3.8) is 0 Å². The third kappa shape index (κ3) is 6.87. The van der Waals surface area contributed by atoms with Crippen LogP contribution in [0.5, 0.6) is 0 Å². The van der Waals surface area contributed by atoms with Crippen molar-refractivity contribution in [2.75, 3.05) is 25.0 Å². The van der Waals surface area contributed by atoms with E-state index in [2.05, 4.69) is 10.6 Å². The number of anilines is 1. The number of nitro groups is 1. The van der Waals surface area contributed by atoms with Crippen molar-refractivity contribution in [1.29, 1.82) is 0 Å². The number of benzene rings is 2. The van der Waals surface area contributed by atoms with Gasteiger partial charge in [-0.1, -0.05) is 49.6 Å². The van der Waals surface area contributed by atoms with Gasteiger partial charge < -0.3 is 20.4 Å². The van der Waals surface area contributed by atoms with Crippen molar-refractivity contribution in [2.24, 2.45) is 5.92 Å². The van der Waals surface area contributed by atoms with Crippen molar-refractivity contribution < 1.29 is 19.3 Å². The van der Waals surface area contributed by atoms with Crippen LogP contribution in [0.15, 0.2) is 54.6 Å². The average Bonchev–Trinajstić information content (AvgIpc) is 2.93. The second-order valence-electron chi connectivity index (χ2n) is 10.1. The maximum absolute atomic E-state index is 13.6. The lowest BCUT2D eigenvalue weighted by atomic mass is 9.87. The van der Waals surface area contributed by atoms with Crippen molar-refractivity contribution in [3.05, 3.63) is 70.3 Å². The highest BCUT2D eigenvalue weighted by Gasteiger charge is 2.36. The number of carbonyl (C=O) groups excluding carboxylic acids is 3. The molecule has 10 heteroatoms. The van der Waals surface area contributed by atoms with Crippen LogP contribution in [-0.2, 0) is 16.0 Å². The molecule has 1 aliphatic heterocycles. The van der Waals surface area contributed by atoms with Crippen LogP contribution in [0.2, 0.25) is 0 Å². The van der Waals surface area contributed by atoms with Gasteiger partial charge in [0.15, 0.2) is 0 Å². The monoisotopic (exact) mass is 521 g/mol. The van der Waals surface area contributed by atoms with E-state index in [9.17, 15) is 24.5 Å². The van der Waals surface area contributed by atoms with Crippen LogP contribution in [0.4, 0.5) is 16.2 Å². The van der Waals surface area contributed by atoms with E-state index in [1.165, 1.54) is 30.7 Å². The molecular formula is C28H35N5O5. The van der Waals surface area contributed by atoms with Gasteiger partial charge in [-0.15, -0.1) is 0 Å². The summed E-state index contributed by atoms with van der Waals surface area (Å²) in [5, 5.41) is 16.3. The summed E-state index contributed by atoms with van der Waals surface area (Å²) in [7, 11) is 0. The van der Waals surface area contributed by atoms with Crippen LogP contribution in [0.1, 0.15) is 44.6 Å². The van der Waals surface area contributed by atoms with Gasteiger partial charge in [0.1, 0.15) is 6.04 Å². The number of hydrogen-bond acceptors (Lipinski definition) is 5. The molecule has 2 atom stereocenters. The molecule has 2 unspecified atom stereocenters. The highest BCUT2D eigenvalue weighted by atomic mass is 16.6. The molecule has 1 heterocycles. The maximum Gasteiger partial charge on any atom is 0.319 e.